The SMILES string of the molecule is CC1(C(=O)O)CCCN(C(=O)c2ccc(F)c(F)c2)C1. The third-order valence-electron chi connectivity index (χ3n) is 3.67. The Hall–Kier alpha value is -1.98. The van der Waals surface area contributed by atoms with Gasteiger partial charge in [0.05, 0.1) is 5.41 Å². The van der Waals surface area contributed by atoms with E-state index in [2.05, 4.69) is 0 Å². The standard InChI is InChI=1S/C14H15F2NO3/c1-14(13(19)20)5-2-6-17(8-14)12(18)9-3-4-10(15)11(16)7-9/h3-4,7H,2,5-6,8H2,1H3,(H,19,20). The second kappa shape index (κ2) is 5.19. The van der Waals surface area contributed by atoms with Gasteiger partial charge < -0.3 is 10.0 Å². The number of carbonyl (C=O) groups excluding carboxylic acids is 1. The van der Waals surface area contributed by atoms with Crippen molar-refractivity contribution < 1.29 is 23.5 Å². The molecule has 1 N–H and O–H groups in total. The van der Waals surface area contributed by atoms with Crippen LogP contribution in [-0.2, 0) is 4.79 Å². The van der Waals surface area contributed by atoms with Crippen LogP contribution in [0, 0.1) is 17.0 Å². The molecule has 1 saturated heterocycles. The van der Waals surface area contributed by atoms with Crippen LogP contribution in [0.5, 0.6) is 0 Å². The first-order valence-corrected chi connectivity index (χ1v) is 6.31. The van der Waals surface area contributed by atoms with Crippen LogP contribution in [0.1, 0.15) is 30.1 Å². The Kier molecular flexibility index (Phi) is 3.74. The molecule has 0 radical (unpaired) electrons. The minimum atomic E-state index is -1.09. The average Bonchev–Trinajstić information content (AvgIpc) is 2.41. The van der Waals surface area contributed by atoms with Gasteiger partial charge in [-0.2, -0.15) is 0 Å². The number of halogens is 2. The van der Waals surface area contributed by atoms with Crippen molar-refractivity contribution in [1.82, 2.24) is 4.90 Å². The summed E-state index contributed by atoms with van der Waals surface area (Å²) in [4.78, 5) is 24.8. The maximum atomic E-state index is 13.1. The summed E-state index contributed by atoms with van der Waals surface area (Å²) in [7, 11) is 0. The van der Waals surface area contributed by atoms with E-state index in [-0.39, 0.29) is 12.1 Å². The number of hydrogen-bond acceptors (Lipinski definition) is 2. The zero-order valence-corrected chi connectivity index (χ0v) is 11.0. The predicted octanol–water partition coefficient (Wildman–Crippen LogP) is 2.29. The van der Waals surface area contributed by atoms with E-state index < -0.39 is 28.9 Å². The Balaban J connectivity index is 2.20. The molecule has 6 heteroatoms. The van der Waals surface area contributed by atoms with Crippen molar-refractivity contribution in [2.24, 2.45) is 5.41 Å². The van der Waals surface area contributed by atoms with Crippen LogP contribution in [0.4, 0.5) is 8.78 Å². The molecule has 1 aromatic carbocycles. The lowest BCUT2D eigenvalue weighted by molar-refractivity contribution is -0.150. The van der Waals surface area contributed by atoms with Gasteiger partial charge in [0.25, 0.3) is 5.91 Å². The van der Waals surface area contributed by atoms with Gasteiger partial charge in [0.2, 0.25) is 0 Å². The number of piperidine rings is 1. The first-order valence-electron chi connectivity index (χ1n) is 6.31. The maximum Gasteiger partial charge on any atom is 0.311 e. The summed E-state index contributed by atoms with van der Waals surface area (Å²) >= 11 is 0. The molecule has 0 aliphatic carbocycles. The number of nitrogens with zero attached hydrogens (tertiary/aromatic N) is 1. The van der Waals surface area contributed by atoms with Gasteiger partial charge in [-0.3, -0.25) is 9.59 Å². The summed E-state index contributed by atoms with van der Waals surface area (Å²) in [6.07, 6.45) is 1.06. The summed E-state index contributed by atoms with van der Waals surface area (Å²) < 4.78 is 26.0. The van der Waals surface area contributed by atoms with Crippen LogP contribution in [-0.4, -0.2) is 35.0 Å². The fraction of sp³-hybridized carbons (Fsp3) is 0.429. The molecule has 1 heterocycles. The highest BCUT2D eigenvalue weighted by Crippen LogP contribution is 2.30. The normalized spacial score (nSPS) is 22.6. The Morgan fingerprint density at radius 3 is 2.60 bits per heavy atom. The zero-order chi connectivity index (χ0) is 14.9. The van der Waals surface area contributed by atoms with Crippen LogP contribution in [0.2, 0.25) is 0 Å². The van der Waals surface area contributed by atoms with Gasteiger partial charge >= 0.3 is 5.97 Å². The van der Waals surface area contributed by atoms with Crippen molar-refractivity contribution in [3.05, 3.63) is 35.4 Å². The quantitative estimate of drug-likeness (QED) is 0.906. The van der Waals surface area contributed by atoms with E-state index in [1.165, 1.54) is 11.0 Å². The van der Waals surface area contributed by atoms with Gasteiger partial charge in [-0.15, -0.1) is 0 Å². The third kappa shape index (κ3) is 2.64. The summed E-state index contributed by atoms with van der Waals surface area (Å²) in [5.74, 6) is -3.54. The van der Waals surface area contributed by atoms with E-state index in [4.69, 9.17) is 0 Å². The molecule has 1 atom stereocenters. The molecule has 1 aliphatic rings. The van der Waals surface area contributed by atoms with E-state index in [0.29, 0.717) is 19.4 Å². The Labute approximate surface area is 115 Å². The monoisotopic (exact) mass is 283 g/mol. The summed E-state index contributed by atoms with van der Waals surface area (Å²) in [5, 5.41) is 9.20. The van der Waals surface area contributed by atoms with Gasteiger partial charge in [0.15, 0.2) is 11.6 Å². The minimum absolute atomic E-state index is 0.0264. The summed E-state index contributed by atoms with van der Waals surface area (Å²) in [6.45, 7) is 2.07. The van der Waals surface area contributed by atoms with Crippen LogP contribution in [0.3, 0.4) is 0 Å². The van der Waals surface area contributed by atoms with E-state index in [1.807, 2.05) is 0 Å². The molecule has 2 rings (SSSR count). The first kappa shape index (κ1) is 14.4. The van der Waals surface area contributed by atoms with Crippen LogP contribution >= 0.6 is 0 Å². The van der Waals surface area contributed by atoms with Crippen LogP contribution in [0.15, 0.2) is 18.2 Å². The van der Waals surface area contributed by atoms with E-state index in [0.717, 1.165) is 12.1 Å². The molecule has 1 amide bonds. The zero-order valence-electron chi connectivity index (χ0n) is 11.0. The number of carboxylic acids is 1. The van der Waals surface area contributed by atoms with Crippen LogP contribution in [0.25, 0.3) is 0 Å². The van der Waals surface area contributed by atoms with Crippen molar-refractivity contribution in [2.75, 3.05) is 13.1 Å². The van der Waals surface area contributed by atoms with E-state index in [1.54, 1.807) is 6.92 Å². The number of carboxylic acid groups (broad SMARTS) is 1. The van der Waals surface area contributed by atoms with Gasteiger partial charge in [-0.25, -0.2) is 8.78 Å². The first-order chi connectivity index (χ1) is 9.33. The molecule has 108 valence electrons. The number of amides is 1. The van der Waals surface area contributed by atoms with Crippen molar-refractivity contribution >= 4 is 11.9 Å². The fourth-order valence-corrected chi connectivity index (χ4v) is 2.40. The molecule has 0 aromatic heterocycles. The Morgan fingerprint density at radius 1 is 1.30 bits per heavy atom. The summed E-state index contributed by atoms with van der Waals surface area (Å²) in [5.41, 5.74) is -0.967. The molecule has 20 heavy (non-hydrogen) atoms. The highest BCUT2D eigenvalue weighted by Gasteiger charge is 2.39. The molecule has 0 spiro atoms. The highest BCUT2D eigenvalue weighted by atomic mass is 19.2. The Morgan fingerprint density at radius 2 is 2.00 bits per heavy atom. The molecular weight excluding hydrogens is 268 g/mol. The molecular formula is C14H15F2NO3. The number of carbonyl (C=O) groups is 2. The Bertz CT molecular complexity index is 561. The van der Waals surface area contributed by atoms with Crippen molar-refractivity contribution in [3.8, 4) is 0 Å². The highest BCUT2D eigenvalue weighted by molar-refractivity contribution is 5.94. The predicted molar refractivity (Wildman–Crippen MR) is 67.2 cm³/mol. The van der Waals surface area contributed by atoms with Crippen molar-refractivity contribution in [3.63, 3.8) is 0 Å². The number of aliphatic carboxylic acids is 1. The van der Waals surface area contributed by atoms with Gasteiger partial charge in [-0.1, -0.05) is 0 Å². The molecule has 1 unspecified atom stereocenters. The van der Waals surface area contributed by atoms with Gasteiger partial charge in [0.1, 0.15) is 0 Å². The second-order valence-corrected chi connectivity index (χ2v) is 5.32. The van der Waals surface area contributed by atoms with Crippen LogP contribution < -0.4 is 0 Å². The third-order valence-corrected chi connectivity index (χ3v) is 3.67. The largest absolute Gasteiger partial charge is 0.481 e. The number of rotatable bonds is 2. The number of hydrogen-bond donors (Lipinski definition) is 1. The van der Waals surface area contributed by atoms with Gasteiger partial charge in [0, 0.05) is 18.7 Å². The number of likely N-dealkylation sites (tertiary alicyclic amines) is 1. The molecule has 0 bridgehead atoms. The second-order valence-electron chi connectivity index (χ2n) is 5.32. The van der Waals surface area contributed by atoms with Crippen molar-refractivity contribution in [2.45, 2.75) is 19.8 Å². The lowest BCUT2D eigenvalue weighted by Gasteiger charge is -2.37. The topological polar surface area (TPSA) is 57.6 Å². The van der Waals surface area contributed by atoms with E-state index >= 15 is 0 Å². The molecule has 1 fully saturated rings. The van der Waals surface area contributed by atoms with E-state index in [9.17, 15) is 23.5 Å². The average molecular weight is 283 g/mol. The molecule has 0 saturated carbocycles. The molecule has 4 nitrogen and oxygen atoms in total. The maximum absolute atomic E-state index is 13.1. The van der Waals surface area contributed by atoms with Gasteiger partial charge in [-0.05, 0) is 38.0 Å². The lowest BCUT2D eigenvalue weighted by atomic mass is 9.82. The smallest absolute Gasteiger partial charge is 0.311 e. The fourth-order valence-electron chi connectivity index (χ4n) is 2.40. The molecule has 1 aromatic rings. The summed E-state index contributed by atoms with van der Waals surface area (Å²) in [6, 6.07) is 2.93. The number of benzene rings is 1. The van der Waals surface area contributed by atoms with Crippen molar-refractivity contribution in [1.29, 1.82) is 0 Å². The lowest BCUT2D eigenvalue weighted by Crippen LogP contribution is -2.48. The minimum Gasteiger partial charge on any atom is -0.481 e. The molecule has 1 aliphatic heterocycles.